The van der Waals surface area contributed by atoms with Crippen LogP contribution in [0.25, 0.3) is 0 Å². The maximum absolute atomic E-state index is 13.0. The Bertz CT molecular complexity index is 509. The first-order chi connectivity index (χ1) is 11.0. The van der Waals surface area contributed by atoms with E-state index in [4.69, 9.17) is 0 Å². The van der Waals surface area contributed by atoms with Gasteiger partial charge in [0.15, 0.2) is 5.78 Å². The van der Waals surface area contributed by atoms with Crippen molar-refractivity contribution in [2.24, 2.45) is 5.92 Å². The Hall–Kier alpha value is -1.43. The summed E-state index contributed by atoms with van der Waals surface area (Å²) in [6.07, 6.45) is 7.15. The van der Waals surface area contributed by atoms with Crippen molar-refractivity contribution in [3.8, 4) is 0 Å². The smallest absolute Gasteiger partial charge is 0.313 e. The highest BCUT2D eigenvalue weighted by molar-refractivity contribution is 6.09. The van der Waals surface area contributed by atoms with E-state index >= 15 is 0 Å². The van der Waals surface area contributed by atoms with Crippen LogP contribution in [0.3, 0.4) is 0 Å². The first kappa shape index (κ1) is 16.4. The second kappa shape index (κ2) is 6.23. The van der Waals surface area contributed by atoms with Crippen LogP contribution in [0.15, 0.2) is 0 Å². The normalized spacial score (nSPS) is 32.9. The van der Waals surface area contributed by atoms with Crippen LogP contribution in [0.5, 0.6) is 0 Å². The van der Waals surface area contributed by atoms with Crippen molar-refractivity contribution >= 4 is 17.7 Å². The van der Waals surface area contributed by atoms with E-state index in [1.807, 2.05) is 6.92 Å². The Morgan fingerprint density at radius 1 is 1.17 bits per heavy atom. The van der Waals surface area contributed by atoms with E-state index in [0.717, 1.165) is 45.1 Å². The molecule has 2 saturated heterocycles. The highest BCUT2D eigenvalue weighted by atomic mass is 16.2. The number of Topliss-reactive ketones (excluding diaryl/α,β-unsaturated/α-hetero) is 1. The number of carbonyl (C=O) groups excluding carboxylic acids is 3. The number of nitrogens with one attached hydrogen (secondary N) is 1. The Morgan fingerprint density at radius 2 is 1.87 bits per heavy atom. The van der Waals surface area contributed by atoms with Gasteiger partial charge in [0.1, 0.15) is 5.54 Å². The molecule has 3 rings (SSSR count). The number of rotatable bonds is 4. The van der Waals surface area contributed by atoms with Crippen LogP contribution in [0.1, 0.15) is 51.9 Å². The molecule has 2 unspecified atom stereocenters. The summed E-state index contributed by atoms with van der Waals surface area (Å²) >= 11 is 0. The topological polar surface area (TPSA) is 69.7 Å². The molecule has 0 radical (unpaired) electrons. The second-order valence-corrected chi connectivity index (χ2v) is 7.33. The lowest BCUT2D eigenvalue weighted by molar-refractivity contribution is -0.138. The highest BCUT2D eigenvalue weighted by Gasteiger charge is 2.56. The third-order valence-electron chi connectivity index (χ3n) is 6.06. The summed E-state index contributed by atoms with van der Waals surface area (Å²) in [7, 11) is 1.70. The SMILES string of the molecule is CN1C(=O)N(CC(=O)C2CCCN2)C(=O)C1(C)C1CCCCC1. The molecule has 3 amide bonds. The molecule has 23 heavy (non-hydrogen) atoms. The van der Waals surface area contributed by atoms with Gasteiger partial charge in [0.25, 0.3) is 5.91 Å². The quantitative estimate of drug-likeness (QED) is 0.798. The van der Waals surface area contributed by atoms with Gasteiger partial charge in [-0.2, -0.15) is 0 Å². The van der Waals surface area contributed by atoms with E-state index in [1.54, 1.807) is 11.9 Å². The third kappa shape index (κ3) is 2.67. The summed E-state index contributed by atoms with van der Waals surface area (Å²) in [5, 5.41) is 3.14. The number of urea groups is 1. The maximum atomic E-state index is 13.0. The molecule has 2 atom stereocenters. The molecule has 1 saturated carbocycles. The minimum Gasteiger partial charge on any atom is -0.313 e. The monoisotopic (exact) mass is 321 g/mol. The van der Waals surface area contributed by atoms with Crippen LogP contribution >= 0.6 is 0 Å². The predicted molar refractivity (Wildman–Crippen MR) is 85.9 cm³/mol. The third-order valence-corrected chi connectivity index (χ3v) is 6.06. The Labute approximate surface area is 137 Å². The van der Waals surface area contributed by atoms with E-state index < -0.39 is 5.54 Å². The van der Waals surface area contributed by atoms with Gasteiger partial charge in [-0.25, -0.2) is 4.79 Å². The lowest BCUT2D eigenvalue weighted by atomic mass is 9.75. The first-order valence-corrected chi connectivity index (χ1v) is 8.82. The largest absolute Gasteiger partial charge is 0.327 e. The Morgan fingerprint density at radius 3 is 2.48 bits per heavy atom. The summed E-state index contributed by atoms with van der Waals surface area (Å²) in [6, 6.07) is -0.531. The van der Waals surface area contributed by atoms with Crippen molar-refractivity contribution in [2.75, 3.05) is 20.1 Å². The number of ketones is 1. The van der Waals surface area contributed by atoms with Crippen molar-refractivity contribution in [2.45, 2.75) is 63.5 Å². The molecule has 3 fully saturated rings. The molecule has 3 aliphatic rings. The summed E-state index contributed by atoms with van der Waals surface area (Å²) in [4.78, 5) is 40.7. The van der Waals surface area contributed by atoms with Crippen molar-refractivity contribution < 1.29 is 14.4 Å². The number of likely N-dealkylation sites (N-methyl/N-ethyl adjacent to an activating group) is 1. The zero-order valence-corrected chi connectivity index (χ0v) is 14.1. The average molecular weight is 321 g/mol. The number of imide groups is 1. The van der Waals surface area contributed by atoms with Gasteiger partial charge in [-0.15, -0.1) is 0 Å². The second-order valence-electron chi connectivity index (χ2n) is 7.33. The highest BCUT2D eigenvalue weighted by Crippen LogP contribution is 2.40. The predicted octanol–water partition coefficient (Wildman–Crippen LogP) is 1.54. The molecule has 2 aliphatic heterocycles. The lowest BCUT2D eigenvalue weighted by Crippen LogP contribution is -2.52. The van der Waals surface area contributed by atoms with E-state index in [2.05, 4.69) is 5.32 Å². The van der Waals surface area contributed by atoms with Crippen LogP contribution in [0.2, 0.25) is 0 Å². The zero-order chi connectivity index (χ0) is 16.6. The molecule has 0 aromatic heterocycles. The minimum absolute atomic E-state index is 0.0505. The maximum Gasteiger partial charge on any atom is 0.327 e. The number of hydrogen-bond donors (Lipinski definition) is 1. The van der Waals surface area contributed by atoms with E-state index in [0.29, 0.717) is 0 Å². The van der Waals surface area contributed by atoms with Gasteiger partial charge in [-0.05, 0) is 45.1 Å². The molecule has 2 heterocycles. The summed E-state index contributed by atoms with van der Waals surface area (Å²) < 4.78 is 0. The van der Waals surface area contributed by atoms with Gasteiger partial charge < -0.3 is 10.2 Å². The van der Waals surface area contributed by atoms with Gasteiger partial charge >= 0.3 is 6.03 Å². The van der Waals surface area contributed by atoms with Crippen molar-refractivity contribution in [1.82, 2.24) is 15.1 Å². The molecule has 0 bridgehead atoms. The van der Waals surface area contributed by atoms with Crippen LogP contribution in [-0.4, -0.2) is 59.2 Å². The van der Waals surface area contributed by atoms with Gasteiger partial charge in [0, 0.05) is 7.05 Å². The van der Waals surface area contributed by atoms with Gasteiger partial charge in [-0.1, -0.05) is 19.3 Å². The summed E-state index contributed by atoms with van der Waals surface area (Å²) in [5.74, 6) is -0.0452. The van der Waals surface area contributed by atoms with Crippen LogP contribution < -0.4 is 5.32 Å². The summed E-state index contributed by atoms with van der Waals surface area (Å²) in [5.41, 5.74) is -0.791. The molecular weight excluding hydrogens is 294 g/mol. The molecule has 0 aromatic rings. The standard InChI is InChI=1S/C17H27N3O3/c1-17(12-7-4-3-5-8-12)15(22)20(16(23)19(17)2)11-14(21)13-9-6-10-18-13/h12-13,18H,3-11H2,1-2H3. The number of hydrogen-bond acceptors (Lipinski definition) is 4. The number of nitrogens with zero attached hydrogens (tertiary/aromatic N) is 2. The summed E-state index contributed by atoms with van der Waals surface area (Å²) in [6.45, 7) is 2.61. The zero-order valence-electron chi connectivity index (χ0n) is 14.1. The molecule has 1 aliphatic carbocycles. The molecule has 128 valence electrons. The number of amides is 3. The number of carbonyl (C=O) groups is 3. The molecular formula is C17H27N3O3. The van der Waals surface area contributed by atoms with Gasteiger partial charge in [0.2, 0.25) is 0 Å². The van der Waals surface area contributed by atoms with Gasteiger partial charge in [-0.3, -0.25) is 14.5 Å². The van der Waals surface area contributed by atoms with Crippen molar-refractivity contribution in [3.05, 3.63) is 0 Å². The Kier molecular flexibility index (Phi) is 4.45. The molecule has 0 spiro atoms. The lowest BCUT2D eigenvalue weighted by Gasteiger charge is -2.38. The fourth-order valence-corrected chi connectivity index (χ4v) is 4.36. The van der Waals surface area contributed by atoms with Crippen LogP contribution in [0, 0.1) is 5.92 Å². The first-order valence-electron chi connectivity index (χ1n) is 8.82. The van der Waals surface area contributed by atoms with E-state index in [-0.39, 0.29) is 36.2 Å². The van der Waals surface area contributed by atoms with Crippen molar-refractivity contribution in [3.63, 3.8) is 0 Å². The molecule has 6 heteroatoms. The van der Waals surface area contributed by atoms with Crippen molar-refractivity contribution in [1.29, 1.82) is 0 Å². The molecule has 1 N–H and O–H groups in total. The Balaban J connectivity index is 1.75. The van der Waals surface area contributed by atoms with Crippen LogP contribution in [0.4, 0.5) is 4.79 Å². The molecule has 6 nitrogen and oxygen atoms in total. The fraction of sp³-hybridized carbons (Fsp3) is 0.824. The van der Waals surface area contributed by atoms with E-state index in [9.17, 15) is 14.4 Å². The molecule has 0 aromatic carbocycles. The van der Waals surface area contributed by atoms with Gasteiger partial charge in [0.05, 0.1) is 12.6 Å². The van der Waals surface area contributed by atoms with E-state index in [1.165, 1.54) is 11.3 Å². The fourth-order valence-electron chi connectivity index (χ4n) is 4.36. The average Bonchev–Trinajstić information content (AvgIpc) is 3.16. The van der Waals surface area contributed by atoms with Crippen LogP contribution in [-0.2, 0) is 9.59 Å². The minimum atomic E-state index is -0.791.